The zero-order valence-corrected chi connectivity index (χ0v) is 11.9. The van der Waals surface area contributed by atoms with Gasteiger partial charge in [0.25, 0.3) is 0 Å². The fourth-order valence-corrected chi connectivity index (χ4v) is 3.22. The Balaban J connectivity index is 1.74. The minimum absolute atomic E-state index is 0.00973. The van der Waals surface area contributed by atoms with E-state index in [1.54, 1.807) is 11.3 Å². The number of carbonyl (C=O) groups is 1. The van der Waals surface area contributed by atoms with Gasteiger partial charge in [-0.25, -0.2) is 0 Å². The second kappa shape index (κ2) is 6.69. The largest absolute Gasteiger partial charge is 0.348 e. The summed E-state index contributed by atoms with van der Waals surface area (Å²) in [5, 5.41) is 17.2. The third-order valence-electron chi connectivity index (χ3n) is 3.55. The van der Waals surface area contributed by atoms with Crippen LogP contribution in [0.1, 0.15) is 37.1 Å². The molecule has 1 heterocycles. The molecule has 19 heavy (non-hydrogen) atoms. The van der Waals surface area contributed by atoms with Gasteiger partial charge in [0.2, 0.25) is 5.91 Å². The first-order valence-electron chi connectivity index (χ1n) is 6.66. The maximum absolute atomic E-state index is 11.8. The smallest absolute Gasteiger partial charge is 0.234 e. The van der Waals surface area contributed by atoms with E-state index in [1.165, 1.54) is 0 Å². The van der Waals surface area contributed by atoms with Crippen LogP contribution in [0.5, 0.6) is 0 Å². The highest BCUT2D eigenvalue weighted by Gasteiger charge is 2.27. The number of nitrogens with zero attached hydrogens (tertiary/aromatic N) is 1. The Morgan fingerprint density at radius 3 is 3.16 bits per heavy atom. The minimum Gasteiger partial charge on any atom is -0.348 e. The molecule has 1 saturated carbocycles. The molecule has 4 nitrogen and oxygen atoms in total. The van der Waals surface area contributed by atoms with Gasteiger partial charge in [-0.1, -0.05) is 12.5 Å². The topological polar surface area (TPSA) is 64.9 Å². The normalized spacial score (nSPS) is 23.8. The van der Waals surface area contributed by atoms with Crippen LogP contribution >= 0.6 is 11.3 Å². The molecule has 0 spiro atoms. The van der Waals surface area contributed by atoms with Gasteiger partial charge in [0, 0.05) is 10.9 Å². The molecule has 1 aromatic heterocycles. The quantitative estimate of drug-likeness (QED) is 0.867. The monoisotopic (exact) mass is 277 g/mol. The van der Waals surface area contributed by atoms with E-state index < -0.39 is 0 Å². The van der Waals surface area contributed by atoms with E-state index in [-0.39, 0.29) is 23.9 Å². The van der Waals surface area contributed by atoms with E-state index >= 15 is 0 Å². The fourth-order valence-electron chi connectivity index (χ4n) is 2.48. The van der Waals surface area contributed by atoms with Gasteiger partial charge in [0.05, 0.1) is 24.6 Å². The summed E-state index contributed by atoms with van der Waals surface area (Å²) in [5.74, 6) is 0.0482. The molecule has 0 unspecified atom stereocenters. The third kappa shape index (κ3) is 3.79. The van der Waals surface area contributed by atoms with Gasteiger partial charge in [-0.15, -0.1) is 11.3 Å². The second-order valence-electron chi connectivity index (χ2n) is 4.96. The van der Waals surface area contributed by atoms with Crippen molar-refractivity contribution in [2.45, 2.75) is 38.3 Å². The molecule has 3 atom stereocenters. The lowest BCUT2D eigenvalue weighted by molar-refractivity contribution is -0.121. The lowest BCUT2D eigenvalue weighted by Crippen LogP contribution is -2.41. The summed E-state index contributed by atoms with van der Waals surface area (Å²) in [6.45, 7) is 2.27. The summed E-state index contributed by atoms with van der Waals surface area (Å²) < 4.78 is 0. The van der Waals surface area contributed by atoms with Crippen molar-refractivity contribution >= 4 is 17.2 Å². The molecule has 1 aliphatic rings. The summed E-state index contributed by atoms with van der Waals surface area (Å²) in [6, 6.07) is 6.53. The highest BCUT2D eigenvalue weighted by atomic mass is 32.1. The SMILES string of the molecule is C[C@H](NC(=O)CN[C@H]1CCC[C@@H]1C#N)c1cccs1. The van der Waals surface area contributed by atoms with Crippen molar-refractivity contribution in [3.05, 3.63) is 22.4 Å². The fraction of sp³-hybridized carbons (Fsp3) is 0.571. The third-order valence-corrected chi connectivity index (χ3v) is 4.61. The van der Waals surface area contributed by atoms with Crippen molar-refractivity contribution in [2.24, 2.45) is 5.92 Å². The van der Waals surface area contributed by atoms with Crippen LogP contribution in [-0.2, 0) is 4.79 Å². The maximum atomic E-state index is 11.8. The number of nitrogens with one attached hydrogen (secondary N) is 2. The predicted octanol–water partition coefficient (Wildman–Crippen LogP) is 2.21. The molecule has 1 fully saturated rings. The zero-order chi connectivity index (χ0) is 13.7. The lowest BCUT2D eigenvalue weighted by Gasteiger charge is -2.17. The van der Waals surface area contributed by atoms with Crippen LogP contribution in [0.15, 0.2) is 17.5 Å². The van der Waals surface area contributed by atoms with E-state index in [0.29, 0.717) is 6.54 Å². The van der Waals surface area contributed by atoms with E-state index in [4.69, 9.17) is 5.26 Å². The number of hydrogen-bond acceptors (Lipinski definition) is 4. The standard InChI is InChI=1S/C14H19N3OS/c1-10(13-6-3-7-19-13)17-14(18)9-16-12-5-2-4-11(12)8-15/h3,6-7,10-12,16H,2,4-5,9H2,1H3,(H,17,18)/t10-,11+,12-/m0/s1. The molecule has 0 aromatic carbocycles. The Labute approximate surface area is 117 Å². The van der Waals surface area contributed by atoms with E-state index in [9.17, 15) is 4.79 Å². The van der Waals surface area contributed by atoms with Crippen LogP contribution in [0.4, 0.5) is 0 Å². The molecule has 0 saturated heterocycles. The van der Waals surface area contributed by atoms with Crippen molar-refractivity contribution in [3.8, 4) is 6.07 Å². The van der Waals surface area contributed by atoms with Gasteiger partial charge in [-0.05, 0) is 31.2 Å². The van der Waals surface area contributed by atoms with Crippen molar-refractivity contribution in [1.29, 1.82) is 5.26 Å². The van der Waals surface area contributed by atoms with Gasteiger partial charge in [-0.3, -0.25) is 4.79 Å². The van der Waals surface area contributed by atoms with Crippen LogP contribution < -0.4 is 10.6 Å². The van der Waals surface area contributed by atoms with Crippen molar-refractivity contribution < 1.29 is 4.79 Å². The second-order valence-corrected chi connectivity index (χ2v) is 5.94. The average molecular weight is 277 g/mol. The molecule has 0 radical (unpaired) electrons. The predicted molar refractivity (Wildman–Crippen MR) is 75.6 cm³/mol. The molecule has 0 bridgehead atoms. The minimum atomic E-state index is -0.00973. The van der Waals surface area contributed by atoms with E-state index in [2.05, 4.69) is 16.7 Å². The highest BCUT2D eigenvalue weighted by molar-refractivity contribution is 7.10. The van der Waals surface area contributed by atoms with Gasteiger partial charge >= 0.3 is 0 Å². The summed E-state index contributed by atoms with van der Waals surface area (Å²) in [5.41, 5.74) is 0. The Bertz CT molecular complexity index is 452. The average Bonchev–Trinajstić information content (AvgIpc) is 3.07. The number of amides is 1. The Kier molecular flexibility index (Phi) is 4.94. The number of hydrogen-bond donors (Lipinski definition) is 2. The molecule has 2 rings (SSSR count). The number of thiophene rings is 1. The van der Waals surface area contributed by atoms with Gasteiger partial charge in [0.1, 0.15) is 0 Å². The molecule has 5 heteroatoms. The number of rotatable bonds is 5. The van der Waals surface area contributed by atoms with Crippen LogP contribution in [-0.4, -0.2) is 18.5 Å². The number of carbonyl (C=O) groups excluding carboxylic acids is 1. The molecule has 1 aromatic rings. The molecule has 1 aliphatic carbocycles. The Morgan fingerprint density at radius 2 is 2.47 bits per heavy atom. The first kappa shape index (κ1) is 14.0. The van der Waals surface area contributed by atoms with Gasteiger partial charge in [0.15, 0.2) is 0 Å². The summed E-state index contributed by atoms with van der Waals surface area (Å²) in [4.78, 5) is 13.0. The summed E-state index contributed by atoms with van der Waals surface area (Å²) in [7, 11) is 0. The van der Waals surface area contributed by atoms with E-state index in [0.717, 1.165) is 24.1 Å². The van der Waals surface area contributed by atoms with Gasteiger partial charge in [-0.2, -0.15) is 5.26 Å². The Hall–Kier alpha value is -1.38. The molecule has 102 valence electrons. The molecule has 1 amide bonds. The van der Waals surface area contributed by atoms with Gasteiger partial charge < -0.3 is 10.6 Å². The number of nitriles is 1. The van der Waals surface area contributed by atoms with Crippen LogP contribution in [0.25, 0.3) is 0 Å². The summed E-state index contributed by atoms with van der Waals surface area (Å²) >= 11 is 1.64. The Morgan fingerprint density at radius 1 is 1.63 bits per heavy atom. The highest BCUT2D eigenvalue weighted by Crippen LogP contribution is 2.24. The summed E-state index contributed by atoms with van der Waals surface area (Å²) in [6.07, 6.45) is 3.01. The van der Waals surface area contributed by atoms with E-state index in [1.807, 2.05) is 24.4 Å². The van der Waals surface area contributed by atoms with Crippen LogP contribution in [0, 0.1) is 17.2 Å². The lowest BCUT2D eigenvalue weighted by atomic mass is 10.1. The van der Waals surface area contributed by atoms with Crippen molar-refractivity contribution in [2.75, 3.05) is 6.54 Å². The molecular formula is C14H19N3OS. The van der Waals surface area contributed by atoms with Crippen molar-refractivity contribution in [1.82, 2.24) is 10.6 Å². The van der Waals surface area contributed by atoms with Crippen LogP contribution in [0.3, 0.4) is 0 Å². The maximum Gasteiger partial charge on any atom is 0.234 e. The van der Waals surface area contributed by atoms with Crippen LogP contribution in [0.2, 0.25) is 0 Å². The molecular weight excluding hydrogens is 258 g/mol. The molecule has 0 aliphatic heterocycles. The first-order chi connectivity index (χ1) is 9.20. The molecule has 2 N–H and O–H groups in total. The van der Waals surface area contributed by atoms with Crippen molar-refractivity contribution in [3.63, 3.8) is 0 Å². The first-order valence-corrected chi connectivity index (χ1v) is 7.54. The zero-order valence-electron chi connectivity index (χ0n) is 11.1.